The van der Waals surface area contributed by atoms with Gasteiger partial charge in [-0.3, -0.25) is 15.1 Å². The minimum atomic E-state index is -1.14. The van der Waals surface area contributed by atoms with Gasteiger partial charge in [0.05, 0.1) is 21.7 Å². The summed E-state index contributed by atoms with van der Waals surface area (Å²) in [4.78, 5) is 22.3. The first-order valence-electron chi connectivity index (χ1n) is 6.66. The SMILES string of the molecule is O=C(O)C1=NN(c2ccc(Cl)cc2Cl)C(c2ccc([N+](=O)[O-])s2)C1. The van der Waals surface area contributed by atoms with Crippen LogP contribution in [-0.2, 0) is 4.79 Å². The minimum Gasteiger partial charge on any atom is -0.477 e. The van der Waals surface area contributed by atoms with Crippen LogP contribution < -0.4 is 5.01 Å². The molecule has 1 aliphatic rings. The molecule has 2 heterocycles. The van der Waals surface area contributed by atoms with E-state index >= 15 is 0 Å². The number of benzene rings is 1. The fourth-order valence-electron chi connectivity index (χ4n) is 2.37. The molecule has 124 valence electrons. The van der Waals surface area contributed by atoms with E-state index in [9.17, 15) is 20.0 Å². The van der Waals surface area contributed by atoms with Crippen LogP contribution in [-0.4, -0.2) is 21.7 Å². The van der Waals surface area contributed by atoms with Gasteiger partial charge < -0.3 is 5.11 Å². The van der Waals surface area contributed by atoms with E-state index in [0.717, 1.165) is 11.3 Å². The van der Waals surface area contributed by atoms with E-state index in [2.05, 4.69) is 5.10 Å². The average Bonchev–Trinajstić information content (AvgIpc) is 3.13. The summed E-state index contributed by atoms with van der Waals surface area (Å²) in [5, 5.41) is 26.4. The fourth-order valence-corrected chi connectivity index (χ4v) is 3.77. The number of carboxylic acids is 1. The molecular formula is C14H9Cl2N3O4S. The van der Waals surface area contributed by atoms with Crippen molar-refractivity contribution >= 4 is 56.9 Å². The monoisotopic (exact) mass is 385 g/mol. The zero-order valence-corrected chi connectivity index (χ0v) is 14.2. The average molecular weight is 386 g/mol. The van der Waals surface area contributed by atoms with Crippen LogP contribution in [0.2, 0.25) is 10.0 Å². The summed E-state index contributed by atoms with van der Waals surface area (Å²) in [7, 11) is 0. The molecule has 7 nitrogen and oxygen atoms in total. The molecule has 1 aromatic heterocycles. The van der Waals surface area contributed by atoms with Crippen molar-refractivity contribution in [1.29, 1.82) is 0 Å². The second kappa shape index (κ2) is 6.39. The lowest BCUT2D eigenvalue weighted by Gasteiger charge is -2.23. The van der Waals surface area contributed by atoms with E-state index in [4.69, 9.17) is 23.2 Å². The number of anilines is 1. The highest BCUT2D eigenvalue weighted by Gasteiger charge is 2.35. The zero-order chi connectivity index (χ0) is 17.4. The van der Waals surface area contributed by atoms with Gasteiger partial charge in [0.15, 0.2) is 0 Å². The Morgan fingerprint density at radius 2 is 2.12 bits per heavy atom. The van der Waals surface area contributed by atoms with Crippen LogP contribution in [0.25, 0.3) is 0 Å². The van der Waals surface area contributed by atoms with Crippen LogP contribution in [0.15, 0.2) is 35.4 Å². The van der Waals surface area contributed by atoms with Gasteiger partial charge in [-0.1, -0.05) is 34.5 Å². The molecule has 0 spiro atoms. The molecule has 24 heavy (non-hydrogen) atoms. The summed E-state index contributed by atoms with van der Waals surface area (Å²) < 4.78 is 0. The largest absolute Gasteiger partial charge is 0.477 e. The predicted molar refractivity (Wildman–Crippen MR) is 92.3 cm³/mol. The Hall–Kier alpha value is -2.16. The Kier molecular flexibility index (Phi) is 4.44. The van der Waals surface area contributed by atoms with Crippen LogP contribution in [0.1, 0.15) is 17.3 Å². The molecule has 1 aliphatic heterocycles. The Morgan fingerprint density at radius 1 is 1.38 bits per heavy atom. The fraction of sp³-hybridized carbons (Fsp3) is 0.143. The predicted octanol–water partition coefficient (Wildman–Crippen LogP) is 4.36. The van der Waals surface area contributed by atoms with Gasteiger partial charge in [0, 0.05) is 22.4 Å². The zero-order valence-electron chi connectivity index (χ0n) is 11.8. The van der Waals surface area contributed by atoms with Crippen molar-refractivity contribution in [3.63, 3.8) is 0 Å². The molecule has 1 N–H and O–H groups in total. The van der Waals surface area contributed by atoms with Crippen LogP contribution in [0, 0.1) is 10.1 Å². The van der Waals surface area contributed by atoms with E-state index in [1.165, 1.54) is 17.1 Å². The number of hydrogen-bond acceptors (Lipinski definition) is 6. The van der Waals surface area contributed by atoms with Crippen molar-refractivity contribution in [3.8, 4) is 0 Å². The van der Waals surface area contributed by atoms with Crippen LogP contribution >= 0.6 is 34.5 Å². The number of hydrazone groups is 1. The Balaban J connectivity index is 2.03. The van der Waals surface area contributed by atoms with Gasteiger partial charge in [0.2, 0.25) is 0 Å². The number of nitro groups is 1. The molecule has 0 amide bonds. The van der Waals surface area contributed by atoms with Crippen LogP contribution in [0.4, 0.5) is 10.7 Å². The first kappa shape index (κ1) is 16.7. The highest BCUT2D eigenvalue weighted by atomic mass is 35.5. The molecule has 0 aliphatic carbocycles. The molecule has 0 saturated heterocycles. The van der Waals surface area contributed by atoms with Crippen molar-refractivity contribution in [2.75, 3.05) is 5.01 Å². The number of aliphatic carboxylic acids is 1. The van der Waals surface area contributed by atoms with E-state index in [1.54, 1.807) is 18.2 Å². The highest BCUT2D eigenvalue weighted by molar-refractivity contribution is 7.15. The molecule has 0 saturated carbocycles. The maximum atomic E-state index is 11.3. The number of nitrogens with zero attached hydrogens (tertiary/aromatic N) is 3. The van der Waals surface area contributed by atoms with Crippen molar-refractivity contribution in [3.05, 3.63) is 55.4 Å². The first-order valence-corrected chi connectivity index (χ1v) is 8.23. The maximum Gasteiger partial charge on any atom is 0.352 e. The molecule has 0 radical (unpaired) electrons. The third-order valence-corrected chi connectivity index (χ3v) is 5.11. The molecule has 0 fully saturated rings. The standard InChI is InChI=1S/C14H9Cl2N3O4S/c15-7-1-2-10(8(16)5-7)18-11(6-9(17-18)14(20)21)12-3-4-13(24-12)19(22)23/h1-5,11H,6H2,(H,20,21). The van der Waals surface area contributed by atoms with E-state index in [-0.39, 0.29) is 17.1 Å². The summed E-state index contributed by atoms with van der Waals surface area (Å²) in [6, 6.07) is 7.29. The Labute approximate surface area is 149 Å². The van der Waals surface area contributed by atoms with Crippen molar-refractivity contribution < 1.29 is 14.8 Å². The first-order chi connectivity index (χ1) is 11.4. The number of halogens is 2. The van der Waals surface area contributed by atoms with E-state index in [0.29, 0.717) is 20.6 Å². The molecule has 3 rings (SSSR count). The summed E-state index contributed by atoms with van der Waals surface area (Å²) in [5.41, 5.74) is 0.445. The molecule has 10 heteroatoms. The summed E-state index contributed by atoms with van der Waals surface area (Å²) in [5.74, 6) is -1.14. The molecule has 1 unspecified atom stereocenters. The molecular weight excluding hydrogens is 377 g/mol. The second-order valence-corrected chi connectivity index (χ2v) is 6.88. The van der Waals surface area contributed by atoms with Gasteiger partial charge >= 0.3 is 11.0 Å². The molecule has 1 aromatic carbocycles. The summed E-state index contributed by atoms with van der Waals surface area (Å²) in [6.45, 7) is 0. The number of rotatable bonds is 4. The number of thiophene rings is 1. The van der Waals surface area contributed by atoms with Crippen LogP contribution in [0.5, 0.6) is 0 Å². The smallest absolute Gasteiger partial charge is 0.352 e. The minimum absolute atomic E-state index is 0.0177. The summed E-state index contributed by atoms with van der Waals surface area (Å²) in [6.07, 6.45) is 0.117. The van der Waals surface area contributed by atoms with Gasteiger partial charge in [0.1, 0.15) is 5.71 Å². The van der Waals surface area contributed by atoms with Crippen LogP contribution in [0.3, 0.4) is 0 Å². The van der Waals surface area contributed by atoms with Gasteiger partial charge in [-0.05, 0) is 24.3 Å². The van der Waals surface area contributed by atoms with Gasteiger partial charge in [0.25, 0.3) is 0 Å². The highest BCUT2D eigenvalue weighted by Crippen LogP contribution is 2.42. The van der Waals surface area contributed by atoms with Crippen molar-refractivity contribution in [2.24, 2.45) is 5.10 Å². The number of hydrogen-bond donors (Lipinski definition) is 1. The lowest BCUT2D eigenvalue weighted by molar-refractivity contribution is -0.380. The second-order valence-electron chi connectivity index (χ2n) is 4.95. The number of carboxylic acid groups (broad SMARTS) is 1. The number of carbonyl (C=O) groups is 1. The third kappa shape index (κ3) is 3.08. The molecule has 0 bridgehead atoms. The quantitative estimate of drug-likeness (QED) is 0.622. The van der Waals surface area contributed by atoms with E-state index < -0.39 is 16.9 Å². The lowest BCUT2D eigenvalue weighted by atomic mass is 10.1. The van der Waals surface area contributed by atoms with Gasteiger partial charge in [-0.25, -0.2) is 4.79 Å². The molecule has 2 aromatic rings. The normalized spacial score (nSPS) is 17.0. The van der Waals surface area contributed by atoms with E-state index in [1.807, 2.05) is 0 Å². The lowest BCUT2D eigenvalue weighted by Crippen LogP contribution is -2.18. The Morgan fingerprint density at radius 3 is 2.71 bits per heavy atom. The summed E-state index contributed by atoms with van der Waals surface area (Å²) >= 11 is 13.1. The molecule has 1 atom stereocenters. The van der Waals surface area contributed by atoms with Crippen molar-refractivity contribution in [1.82, 2.24) is 0 Å². The Bertz CT molecular complexity index is 867. The van der Waals surface area contributed by atoms with Crippen molar-refractivity contribution in [2.45, 2.75) is 12.5 Å². The maximum absolute atomic E-state index is 11.3. The third-order valence-electron chi connectivity index (χ3n) is 3.43. The van der Waals surface area contributed by atoms with Gasteiger partial charge in [-0.15, -0.1) is 0 Å². The van der Waals surface area contributed by atoms with Gasteiger partial charge in [-0.2, -0.15) is 5.10 Å². The topological polar surface area (TPSA) is 96.0 Å².